The zero-order chi connectivity index (χ0) is 17.4. The number of amidine groups is 1. The molecule has 0 saturated heterocycles. The Morgan fingerprint density at radius 2 is 1.72 bits per heavy atom. The maximum atomic E-state index is 13.4. The molecular formula is C20H21BrFN2O+. The number of nitrogens with zero attached hydrogens (tertiary/aromatic N) is 2. The highest BCUT2D eigenvalue weighted by Crippen LogP contribution is 2.38. The van der Waals surface area contributed by atoms with Crippen LogP contribution >= 0.6 is 15.9 Å². The Labute approximate surface area is 155 Å². The van der Waals surface area contributed by atoms with Gasteiger partial charge in [0.2, 0.25) is 0 Å². The first-order valence-electron chi connectivity index (χ1n) is 8.73. The van der Waals surface area contributed by atoms with Crippen molar-refractivity contribution in [2.24, 2.45) is 0 Å². The minimum Gasteiger partial charge on any atom is -0.346 e. The van der Waals surface area contributed by atoms with E-state index in [0.29, 0.717) is 6.54 Å². The molecule has 0 fully saturated rings. The first-order valence-corrected chi connectivity index (χ1v) is 9.52. The summed E-state index contributed by atoms with van der Waals surface area (Å²) in [5.74, 6) is 0.870. The highest BCUT2D eigenvalue weighted by atomic mass is 79.9. The lowest BCUT2D eigenvalue weighted by Gasteiger charge is -2.29. The molecule has 0 saturated carbocycles. The average Bonchev–Trinajstić information content (AvgIpc) is 2.74. The van der Waals surface area contributed by atoms with Crippen LogP contribution in [-0.2, 0) is 5.72 Å². The van der Waals surface area contributed by atoms with Gasteiger partial charge in [0.05, 0.1) is 6.54 Å². The Morgan fingerprint density at radius 3 is 2.44 bits per heavy atom. The molecule has 2 aromatic carbocycles. The molecule has 0 aromatic heterocycles. The molecule has 2 heterocycles. The second-order valence-corrected chi connectivity index (χ2v) is 7.70. The molecule has 0 radical (unpaired) electrons. The number of hydrogen-bond donors (Lipinski definition) is 1. The second kappa shape index (κ2) is 6.54. The van der Waals surface area contributed by atoms with E-state index in [-0.39, 0.29) is 5.82 Å². The third-order valence-corrected chi connectivity index (χ3v) is 5.65. The molecular weight excluding hydrogens is 383 g/mol. The topological polar surface area (TPSA) is 26.5 Å². The molecule has 5 heteroatoms. The molecule has 0 aliphatic carbocycles. The SMILES string of the molecule is OC1(c2ccc(F)cc2)C[N+]2=C(CCCCC2)N1c1ccc(Br)cc1. The van der Waals surface area contributed by atoms with Crippen molar-refractivity contribution >= 4 is 27.5 Å². The van der Waals surface area contributed by atoms with Crippen LogP contribution in [0.15, 0.2) is 53.0 Å². The van der Waals surface area contributed by atoms with Crippen LogP contribution in [0.5, 0.6) is 0 Å². The molecule has 1 atom stereocenters. The summed E-state index contributed by atoms with van der Waals surface area (Å²) in [6, 6.07) is 14.2. The number of aliphatic hydroxyl groups is 1. The van der Waals surface area contributed by atoms with E-state index in [2.05, 4.69) is 20.5 Å². The van der Waals surface area contributed by atoms with Crippen molar-refractivity contribution in [3.05, 3.63) is 64.4 Å². The van der Waals surface area contributed by atoms with Crippen molar-refractivity contribution in [2.75, 3.05) is 18.0 Å². The van der Waals surface area contributed by atoms with E-state index in [1.165, 1.54) is 18.6 Å². The number of halogens is 2. The van der Waals surface area contributed by atoms with E-state index >= 15 is 0 Å². The third-order valence-electron chi connectivity index (χ3n) is 5.12. The van der Waals surface area contributed by atoms with E-state index in [1.807, 2.05) is 29.2 Å². The van der Waals surface area contributed by atoms with Crippen molar-refractivity contribution in [1.29, 1.82) is 0 Å². The van der Waals surface area contributed by atoms with Crippen molar-refractivity contribution in [1.82, 2.24) is 0 Å². The molecule has 0 spiro atoms. The molecule has 1 unspecified atom stereocenters. The number of rotatable bonds is 2. The average molecular weight is 404 g/mol. The predicted molar refractivity (Wildman–Crippen MR) is 100 cm³/mol. The van der Waals surface area contributed by atoms with Crippen LogP contribution in [0.3, 0.4) is 0 Å². The minimum atomic E-state index is -1.19. The van der Waals surface area contributed by atoms with Gasteiger partial charge < -0.3 is 5.11 Å². The zero-order valence-corrected chi connectivity index (χ0v) is 15.5. The lowest BCUT2D eigenvalue weighted by atomic mass is 10.00. The van der Waals surface area contributed by atoms with Crippen LogP contribution in [-0.4, -0.2) is 28.6 Å². The van der Waals surface area contributed by atoms with Crippen LogP contribution in [0, 0.1) is 5.82 Å². The number of benzene rings is 2. The Bertz CT molecular complexity index is 803. The fraction of sp³-hybridized carbons (Fsp3) is 0.350. The minimum absolute atomic E-state index is 0.289. The maximum absolute atomic E-state index is 13.4. The molecule has 2 aliphatic rings. The summed E-state index contributed by atoms with van der Waals surface area (Å²) in [6.45, 7) is 1.45. The molecule has 4 rings (SSSR count). The van der Waals surface area contributed by atoms with Crippen LogP contribution in [0.4, 0.5) is 10.1 Å². The second-order valence-electron chi connectivity index (χ2n) is 6.78. The third kappa shape index (κ3) is 3.00. The van der Waals surface area contributed by atoms with Gasteiger partial charge in [0.1, 0.15) is 11.5 Å². The monoisotopic (exact) mass is 403 g/mol. The number of hydrogen-bond acceptors (Lipinski definition) is 2. The molecule has 0 bridgehead atoms. The van der Waals surface area contributed by atoms with Crippen molar-refractivity contribution in [3.8, 4) is 0 Å². The van der Waals surface area contributed by atoms with E-state index < -0.39 is 5.72 Å². The van der Waals surface area contributed by atoms with E-state index in [1.54, 1.807) is 12.1 Å². The van der Waals surface area contributed by atoms with Gasteiger partial charge in [-0.15, -0.1) is 0 Å². The molecule has 2 aromatic rings. The molecule has 1 N–H and O–H groups in total. The summed E-state index contributed by atoms with van der Waals surface area (Å²) >= 11 is 3.48. The number of anilines is 1. The standard InChI is InChI=1S/C20H21BrFN2O/c21-16-7-11-18(12-8-16)24-19-4-2-1-3-13-23(19)14-20(24,25)15-5-9-17(22)10-6-15/h5-12,25H,1-4,13-14H2/q+1. The molecule has 25 heavy (non-hydrogen) atoms. The van der Waals surface area contributed by atoms with Crippen LogP contribution in [0.1, 0.15) is 31.2 Å². The molecule has 2 aliphatic heterocycles. The first-order chi connectivity index (χ1) is 12.1. The lowest BCUT2D eigenvalue weighted by Crippen LogP contribution is -2.47. The van der Waals surface area contributed by atoms with Crippen LogP contribution < -0.4 is 4.90 Å². The van der Waals surface area contributed by atoms with Crippen molar-refractivity contribution in [3.63, 3.8) is 0 Å². The van der Waals surface area contributed by atoms with E-state index in [9.17, 15) is 9.50 Å². The highest BCUT2D eigenvalue weighted by molar-refractivity contribution is 9.10. The van der Waals surface area contributed by atoms with Crippen molar-refractivity contribution in [2.45, 2.75) is 31.4 Å². The quantitative estimate of drug-likeness (QED) is 0.759. The summed E-state index contributed by atoms with van der Waals surface area (Å²) in [5, 5.41) is 11.7. The van der Waals surface area contributed by atoms with Gasteiger partial charge in [0.15, 0.2) is 6.54 Å². The smallest absolute Gasteiger partial charge is 0.275 e. The summed E-state index contributed by atoms with van der Waals surface area (Å²) in [7, 11) is 0. The van der Waals surface area contributed by atoms with Crippen LogP contribution in [0.25, 0.3) is 0 Å². The Balaban J connectivity index is 1.83. The largest absolute Gasteiger partial charge is 0.346 e. The van der Waals surface area contributed by atoms with Gasteiger partial charge in [-0.3, -0.25) is 4.58 Å². The lowest BCUT2D eigenvalue weighted by molar-refractivity contribution is -0.534. The highest BCUT2D eigenvalue weighted by Gasteiger charge is 2.53. The Hall–Kier alpha value is -1.72. The van der Waals surface area contributed by atoms with E-state index in [4.69, 9.17) is 0 Å². The maximum Gasteiger partial charge on any atom is 0.275 e. The van der Waals surface area contributed by atoms with Gasteiger partial charge >= 0.3 is 0 Å². The summed E-state index contributed by atoms with van der Waals surface area (Å²) in [6.07, 6.45) is 4.41. The fourth-order valence-corrected chi connectivity index (χ4v) is 4.18. The normalized spacial score (nSPS) is 23.6. The Kier molecular flexibility index (Phi) is 4.38. The zero-order valence-electron chi connectivity index (χ0n) is 14.0. The van der Waals surface area contributed by atoms with E-state index in [0.717, 1.165) is 47.4 Å². The Morgan fingerprint density at radius 1 is 1.00 bits per heavy atom. The van der Waals surface area contributed by atoms with Crippen LogP contribution in [0.2, 0.25) is 0 Å². The molecule has 0 amide bonds. The van der Waals surface area contributed by atoms with Gasteiger partial charge in [-0.2, -0.15) is 4.90 Å². The predicted octanol–water partition coefficient (Wildman–Crippen LogP) is 4.24. The van der Waals surface area contributed by atoms with Gasteiger partial charge in [0.25, 0.3) is 11.6 Å². The molecule has 130 valence electrons. The van der Waals surface area contributed by atoms with Gasteiger partial charge in [0, 0.05) is 16.5 Å². The van der Waals surface area contributed by atoms with Gasteiger partial charge in [-0.05, 0) is 67.8 Å². The molecule has 3 nitrogen and oxygen atoms in total. The first kappa shape index (κ1) is 16.7. The summed E-state index contributed by atoms with van der Waals surface area (Å²) in [4.78, 5) is 2.04. The van der Waals surface area contributed by atoms with Crippen molar-refractivity contribution < 1.29 is 14.1 Å². The fourth-order valence-electron chi connectivity index (χ4n) is 3.91. The summed E-state index contributed by atoms with van der Waals surface area (Å²) in [5.41, 5.74) is 0.487. The summed E-state index contributed by atoms with van der Waals surface area (Å²) < 4.78 is 16.7. The van der Waals surface area contributed by atoms with Gasteiger partial charge in [-0.25, -0.2) is 4.39 Å². The van der Waals surface area contributed by atoms with Gasteiger partial charge in [-0.1, -0.05) is 15.9 Å².